The molecule has 11 unspecified atom stereocenters. The van der Waals surface area contributed by atoms with Crippen LogP contribution in [0.1, 0.15) is 85.0 Å². The molecule has 0 spiro atoms. The van der Waals surface area contributed by atoms with Crippen LogP contribution in [-0.4, -0.2) is 239 Å². The standard InChI is InChI=1S/C38H38N2O7S.C32H39N5O13.C30H32O5S/c1-43-28-15-17-29(18-16-28)48-38-33(40-36(42)31-21-27-9-5-6-10-30(27)39-31)35(44-22-25-13-11-24(12-14-25)19-20-41)34-32(46-38)23-45-37(47-34)26-7-3-2-4-8-26;33-37-36-25-29(48-15-23(40)41)27(43)22(13-39)50-32(25)46-10-9-16-5-7-17(8-6-16)14-47-28-24(31(45)49-21(12-38)26(28)42)35-30(44)20-11-18-3-1-2-4-19(18)34-20;1-4-21-10-12-22(13-11-21)18-32-27-20(2)30(36-25-16-14-24(31-3)15-17-25)34-26-19-33-29(35-28(26)27)23-8-6-5-7-9-23/h2-18,21,32-35,37-39,41H,19-20,22-23H2,1H3,(H,40,42);1-8,11,21-22,24-29,31-32,34,38-39,42-43,45H,9-10,12-15H2,(H,35,44)(H,40,41);4-17,20,26-30H,1,18-19H2,2-3H3/t32?,33?,34-,35+,37?,38-;21?,22?,24?,25?,26-,27+,28+,29+,31?,32+;20?,26?,27-,28+,29?,30+/m001/s1. The van der Waals surface area contributed by atoms with Crippen LogP contribution in [0.25, 0.3) is 38.3 Å². The molecule has 0 saturated carbocycles. The van der Waals surface area contributed by atoms with Crippen molar-refractivity contribution in [3.8, 4) is 11.5 Å². The molecule has 2 amide bonds. The summed E-state index contributed by atoms with van der Waals surface area (Å²) in [6.45, 7) is 5.65. The second-order valence-corrected chi connectivity index (χ2v) is 35.1. The number of aliphatic carboxylic acids is 1. The lowest BCUT2D eigenvalue weighted by molar-refractivity contribution is -0.317. The van der Waals surface area contributed by atoms with E-state index in [2.05, 4.69) is 80.5 Å². The highest BCUT2D eigenvalue weighted by Crippen LogP contribution is 2.45. The third-order valence-corrected chi connectivity index (χ3v) is 26.3. The van der Waals surface area contributed by atoms with E-state index in [0.717, 1.165) is 82.0 Å². The summed E-state index contributed by atoms with van der Waals surface area (Å²) in [5.41, 5.74) is 18.3. The highest BCUT2D eigenvalue weighted by molar-refractivity contribution is 8.00. The van der Waals surface area contributed by atoms with Gasteiger partial charge in [-0.3, -0.25) is 9.59 Å². The summed E-state index contributed by atoms with van der Waals surface area (Å²) in [6.07, 6.45) is -10.9. The van der Waals surface area contributed by atoms with E-state index in [4.69, 9.17) is 81.7 Å². The van der Waals surface area contributed by atoms with Gasteiger partial charge in [-0.25, -0.2) is 4.79 Å². The molecule has 2 aromatic heterocycles. The summed E-state index contributed by atoms with van der Waals surface area (Å²) in [5, 5.41) is 81.1. The van der Waals surface area contributed by atoms with E-state index in [0.29, 0.717) is 43.9 Å². The Morgan fingerprint density at radius 3 is 1.47 bits per heavy atom. The molecule has 134 heavy (non-hydrogen) atoms. The monoisotopic (exact) mass is 1870 g/mol. The van der Waals surface area contributed by atoms with Gasteiger partial charge in [-0.2, -0.15) is 0 Å². The Kier molecular flexibility index (Phi) is 34.6. The summed E-state index contributed by atoms with van der Waals surface area (Å²) in [5.74, 6) is -0.465. The van der Waals surface area contributed by atoms with E-state index in [1.807, 2.05) is 182 Å². The molecule has 8 heterocycles. The third kappa shape index (κ3) is 24.8. The number of hydrogen-bond donors (Lipinski definition) is 11. The van der Waals surface area contributed by atoms with Crippen LogP contribution in [0.5, 0.6) is 11.5 Å². The summed E-state index contributed by atoms with van der Waals surface area (Å²) in [6, 6.07) is 74.5. The number of thioether (sulfide) groups is 2. The highest BCUT2D eigenvalue weighted by Gasteiger charge is 2.54. The van der Waals surface area contributed by atoms with Crippen molar-refractivity contribution in [2.45, 2.75) is 177 Å². The number of para-hydroxylation sites is 2. The highest BCUT2D eigenvalue weighted by atomic mass is 32.2. The summed E-state index contributed by atoms with van der Waals surface area (Å²) in [4.78, 5) is 49.2. The van der Waals surface area contributed by atoms with Gasteiger partial charge in [-0.05, 0) is 125 Å². The molecule has 11 aromatic rings. The zero-order valence-electron chi connectivity index (χ0n) is 73.7. The number of aromatic nitrogens is 2. The molecule has 6 aliphatic heterocycles. The van der Waals surface area contributed by atoms with Gasteiger partial charge >= 0.3 is 5.97 Å². The number of fused-ring (bicyclic) bond motifs is 4. The van der Waals surface area contributed by atoms with E-state index in [-0.39, 0.29) is 67.7 Å². The molecule has 34 heteroatoms. The minimum Gasteiger partial charge on any atom is -0.497 e. The average molecular weight is 1870 g/mol. The second kappa shape index (κ2) is 47.5. The van der Waals surface area contributed by atoms with Crippen LogP contribution in [0, 0.1) is 5.92 Å². The number of azide groups is 1. The first kappa shape index (κ1) is 97.6. The lowest BCUT2D eigenvalue weighted by atomic mass is 9.92. The molecule has 0 bridgehead atoms. The number of aromatic amines is 2. The molecule has 706 valence electrons. The molecule has 9 aromatic carbocycles. The van der Waals surface area contributed by atoms with Crippen LogP contribution in [0.2, 0.25) is 0 Å². The van der Waals surface area contributed by atoms with Crippen LogP contribution in [0.4, 0.5) is 0 Å². The van der Waals surface area contributed by atoms with Gasteiger partial charge in [0, 0.05) is 60.2 Å². The fourth-order valence-electron chi connectivity index (χ4n) is 16.6. The number of ether oxygens (including phenoxy) is 15. The number of H-pyrrole nitrogens is 2. The Bertz CT molecular complexity index is 5570. The lowest BCUT2D eigenvalue weighted by Gasteiger charge is -2.49. The van der Waals surface area contributed by atoms with Gasteiger partial charge in [0.05, 0.1) is 79.2 Å². The number of nitrogens with zero attached hydrogens (tertiary/aromatic N) is 3. The smallest absolute Gasteiger partial charge is 0.329 e. The maximum Gasteiger partial charge on any atom is 0.329 e. The first-order valence-electron chi connectivity index (χ1n) is 44.1. The third-order valence-electron chi connectivity index (χ3n) is 23.8. The first-order valence-corrected chi connectivity index (χ1v) is 45.8. The van der Waals surface area contributed by atoms with Crippen molar-refractivity contribution >= 4 is 69.2 Å². The Morgan fingerprint density at radius 1 is 0.515 bits per heavy atom. The van der Waals surface area contributed by atoms with E-state index in [1.165, 1.54) is 11.8 Å². The maximum atomic E-state index is 14.0. The zero-order valence-corrected chi connectivity index (χ0v) is 75.3. The van der Waals surface area contributed by atoms with Gasteiger partial charge in [0.15, 0.2) is 25.2 Å². The van der Waals surface area contributed by atoms with Crippen LogP contribution in [0.15, 0.2) is 264 Å². The van der Waals surface area contributed by atoms with Crippen molar-refractivity contribution in [1.82, 2.24) is 20.6 Å². The van der Waals surface area contributed by atoms with Crippen LogP contribution in [0.3, 0.4) is 0 Å². The fraction of sp³-hybridized carbons (Fsp3) is 0.370. The molecule has 32 nitrogen and oxygen atoms in total. The molecule has 6 aliphatic rings. The number of aliphatic hydroxyl groups excluding tert-OH is 6. The molecule has 6 saturated heterocycles. The predicted octanol–water partition coefficient (Wildman–Crippen LogP) is 12.2. The Balaban J connectivity index is 0.000000155. The van der Waals surface area contributed by atoms with Gasteiger partial charge in [-0.1, -0.05) is 218 Å². The SMILES string of the molecule is C=Cc1ccc(CO[C@@H]2C(C)[C@H](Sc3ccc(OC)cc3)OC3COC(c4ccccc4)O[C@@H]32)cc1.COc1ccc(S[C@@H]2OC3COC(c4ccccc4)O[C@@H]3[C@H](OCc3ccc(CCO)cc3)C2NC(=O)c2cc3ccccc3[nH]2)cc1.[N-]=[N+]=NC1[C@H](OCCc2ccc(CO[C@@H]3C(NC(=O)c4cc5ccccc5[nH]4)C(O)OC(CO)[C@@H]3O)cc2)OC(CO)[C@@H](O)[C@@H]1OCC(=O)O. The Hall–Kier alpha value is -10.9. The summed E-state index contributed by atoms with van der Waals surface area (Å²) < 4.78 is 90.7. The number of carbonyl (C=O) groups is 3. The number of benzene rings is 9. The number of carbonyl (C=O) groups excluding carboxylic acids is 2. The number of carboxylic acids is 1. The molecular weight excluding hydrogens is 1760 g/mol. The van der Waals surface area contributed by atoms with Crippen molar-refractivity contribution in [2.75, 3.05) is 60.5 Å². The van der Waals surface area contributed by atoms with Crippen molar-refractivity contribution < 1.29 is 121 Å². The number of amides is 2. The van der Waals surface area contributed by atoms with Gasteiger partial charge in [-0.15, -0.1) is 0 Å². The number of methoxy groups -OCH3 is 2. The molecule has 6 fully saturated rings. The van der Waals surface area contributed by atoms with Gasteiger partial charge in [0.2, 0.25) is 0 Å². The topological polar surface area (TPSA) is 436 Å². The van der Waals surface area contributed by atoms with Crippen molar-refractivity contribution in [3.63, 3.8) is 0 Å². The number of aliphatic hydroxyl groups is 6. The fourth-order valence-corrected chi connectivity index (χ4v) is 18.9. The number of nitrogens with one attached hydrogen (secondary N) is 4. The molecule has 0 radical (unpaired) electrons. The van der Waals surface area contributed by atoms with Gasteiger partial charge in [0.25, 0.3) is 11.8 Å². The largest absolute Gasteiger partial charge is 0.497 e. The van der Waals surface area contributed by atoms with E-state index in [1.54, 1.807) is 56.3 Å². The van der Waals surface area contributed by atoms with Crippen LogP contribution in [-0.2, 0) is 99.0 Å². The number of rotatable bonds is 34. The summed E-state index contributed by atoms with van der Waals surface area (Å²) in [7, 11) is 3.31. The first-order chi connectivity index (χ1) is 65.3. The molecule has 22 atom stereocenters. The molecule has 0 aliphatic carbocycles. The second-order valence-electron chi connectivity index (χ2n) is 32.7. The Labute approximate surface area is 782 Å². The Morgan fingerprint density at radius 2 is 0.970 bits per heavy atom. The van der Waals surface area contributed by atoms with E-state index >= 15 is 0 Å². The molecule has 11 N–H and O–H groups in total. The van der Waals surface area contributed by atoms with Crippen molar-refractivity contribution in [3.05, 3.63) is 316 Å². The maximum absolute atomic E-state index is 14.0. The molecule has 17 rings (SSSR count). The number of hydrogen-bond acceptors (Lipinski definition) is 27. The lowest BCUT2D eigenvalue weighted by Crippen LogP contribution is -2.66. The van der Waals surface area contributed by atoms with Crippen LogP contribution >= 0.6 is 23.5 Å². The van der Waals surface area contributed by atoms with E-state index in [9.17, 15) is 45.0 Å². The van der Waals surface area contributed by atoms with Gasteiger partial charge in [0.1, 0.15) is 120 Å². The minimum atomic E-state index is -1.59. The number of carboxylic acid groups (broad SMARTS) is 1. The normalized spacial score (nSPS) is 27.1. The van der Waals surface area contributed by atoms with Gasteiger partial charge < -0.3 is 127 Å². The zero-order chi connectivity index (χ0) is 93.6. The predicted molar refractivity (Wildman–Crippen MR) is 495 cm³/mol. The quantitative estimate of drug-likeness (QED) is 0.0101. The van der Waals surface area contributed by atoms with Crippen LogP contribution < -0.4 is 20.1 Å². The van der Waals surface area contributed by atoms with Crippen molar-refractivity contribution in [2.24, 2.45) is 11.0 Å². The minimum absolute atomic E-state index is 0.0332. The average Bonchev–Trinajstić information content (AvgIpc) is 0.930. The van der Waals surface area contributed by atoms with E-state index < -0.39 is 135 Å². The summed E-state index contributed by atoms with van der Waals surface area (Å²) >= 11 is 3.20. The molecular formula is C100H109N7O25S2. The van der Waals surface area contributed by atoms with Crippen molar-refractivity contribution in [1.29, 1.82) is 0 Å².